The highest BCUT2D eigenvalue weighted by atomic mass is 16.5. The van der Waals surface area contributed by atoms with Gasteiger partial charge in [0, 0.05) is 34.4 Å². The van der Waals surface area contributed by atoms with Crippen molar-refractivity contribution in [3.63, 3.8) is 0 Å². The summed E-state index contributed by atoms with van der Waals surface area (Å²) < 4.78 is 21.5. The summed E-state index contributed by atoms with van der Waals surface area (Å²) in [6.07, 6.45) is 5.31. The second kappa shape index (κ2) is 9.53. The molecule has 2 aromatic carbocycles. The van der Waals surface area contributed by atoms with Crippen LogP contribution < -0.4 is 18.9 Å². The van der Waals surface area contributed by atoms with E-state index in [1.807, 2.05) is 48.6 Å². The molecule has 5 nitrogen and oxygen atoms in total. The molecule has 158 valence electrons. The molecule has 0 aliphatic heterocycles. The summed E-state index contributed by atoms with van der Waals surface area (Å²) in [5.74, 6) is 3.19. The Morgan fingerprint density at radius 1 is 0.733 bits per heavy atom. The van der Waals surface area contributed by atoms with Crippen LogP contribution >= 0.6 is 0 Å². The molecule has 0 radical (unpaired) electrons. The van der Waals surface area contributed by atoms with Crippen LogP contribution in [0.4, 0.5) is 0 Å². The van der Waals surface area contributed by atoms with Crippen LogP contribution in [-0.4, -0.2) is 34.2 Å². The topological polar surface area (TPSA) is 54.0 Å². The number of ketones is 1. The minimum absolute atomic E-state index is 0.0591. The predicted octanol–water partition coefficient (Wildman–Crippen LogP) is 5.19. The Bertz CT molecular complexity index is 910. The lowest BCUT2D eigenvalue weighted by atomic mass is 9.80. The van der Waals surface area contributed by atoms with Crippen molar-refractivity contribution in [1.29, 1.82) is 0 Å². The third kappa shape index (κ3) is 4.67. The molecule has 0 aromatic heterocycles. The number of allylic oxidation sites excluding steroid dienone is 2. The zero-order valence-corrected chi connectivity index (χ0v) is 18.2. The second-order valence-electron chi connectivity index (χ2n) is 7.40. The molecule has 1 aliphatic carbocycles. The van der Waals surface area contributed by atoms with Gasteiger partial charge in [0.2, 0.25) is 0 Å². The molecule has 1 saturated carbocycles. The average Bonchev–Trinajstić information content (AvgIpc) is 2.77. The van der Waals surface area contributed by atoms with Crippen LogP contribution in [0, 0.1) is 5.92 Å². The van der Waals surface area contributed by atoms with Gasteiger partial charge in [-0.05, 0) is 55.2 Å². The third-order valence-corrected chi connectivity index (χ3v) is 5.26. The lowest BCUT2D eigenvalue weighted by Gasteiger charge is -2.23. The van der Waals surface area contributed by atoms with Gasteiger partial charge in [0.05, 0.1) is 28.4 Å². The number of Topliss-reactive ketones (excluding diaryl/α,β-unsaturated/α-hetero) is 1. The molecule has 1 fully saturated rings. The zero-order chi connectivity index (χ0) is 21.7. The van der Waals surface area contributed by atoms with E-state index in [9.17, 15) is 4.79 Å². The van der Waals surface area contributed by atoms with Gasteiger partial charge in [0.1, 0.15) is 23.0 Å². The standard InChI is InChI=1S/C25H28O5/c1-16-10-19(12-17-6-8-21(27-2)14-23(17)29-4)25(26)20(11-16)13-18-7-9-22(28-3)15-24(18)30-5/h6-9,12-16H,10-11H2,1-5H3/b19-12+,20-13+. The molecule has 0 saturated heterocycles. The summed E-state index contributed by atoms with van der Waals surface area (Å²) >= 11 is 0. The highest BCUT2D eigenvalue weighted by molar-refractivity contribution is 6.14. The molecule has 0 heterocycles. The minimum Gasteiger partial charge on any atom is -0.497 e. The highest BCUT2D eigenvalue weighted by Crippen LogP contribution is 2.36. The first-order chi connectivity index (χ1) is 14.5. The van der Waals surface area contributed by atoms with Crippen LogP contribution in [0.25, 0.3) is 12.2 Å². The molecule has 0 bridgehead atoms. The van der Waals surface area contributed by atoms with Crippen molar-refractivity contribution in [2.45, 2.75) is 19.8 Å². The molecule has 0 amide bonds. The smallest absolute Gasteiger partial charge is 0.185 e. The minimum atomic E-state index is 0.0591. The molecule has 1 aliphatic rings. The summed E-state index contributed by atoms with van der Waals surface area (Å²) in [5.41, 5.74) is 3.26. The molecule has 0 unspecified atom stereocenters. The molecule has 0 spiro atoms. The highest BCUT2D eigenvalue weighted by Gasteiger charge is 2.26. The number of methoxy groups -OCH3 is 4. The first-order valence-electron chi connectivity index (χ1n) is 9.89. The van der Waals surface area contributed by atoms with E-state index < -0.39 is 0 Å². The maximum absolute atomic E-state index is 13.3. The summed E-state index contributed by atoms with van der Waals surface area (Å²) in [7, 11) is 6.46. The van der Waals surface area contributed by atoms with Gasteiger partial charge >= 0.3 is 0 Å². The quantitative estimate of drug-likeness (QED) is 0.616. The lowest BCUT2D eigenvalue weighted by molar-refractivity contribution is -0.113. The van der Waals surface area contributed by atoms with Crippen molar-refractivity contribution in [3.05, 3.63) is 58.7 Å². The van der Waals surface area contributed by atoms with Crippen LogP contribution in [0.2, 0.25) is 0 Å². The first-order valence-corrected chi connectivity index (χ1v) is 9.89. The van der Waals surface area contributed by atoms with Gasteiger partial charge in [-0.25, -0.2) is 0 Å². The van der Waals surface area contributed by atoms with Gasteiger partial charge in [-0.3, -0.25) is 4.79 Å². The van der Waals surface area contributed by atoms with Crippen molar-refractivity contribution in [1.82, 2.24) is 0 Å². The van der Waals surface area contributed by atoms with E-state index in [1.54, 1.807) is 28.4 Å². The number of hydrogen-bond donors (Lipinski definition) is 0. The summed E-state index contributed by atoms with van der Waals surface area (Å²) in [6.45, 7) is 2.16. The number of ether oxygens (including phenoxy) is 4. The fourth-order valence-corrected chi connectivity index (χ4v) is 3.71. The number of rotatable bonds is 6. The number of carbonyl (C=O) groups excluding carboxylic acids is 1. The van der Waals surface area contributed by atoms with Crippen LogP contribution in [0.5, 0.6) is 23.0 Å². The van der Waals surface area contributed by atoms with Crippen LogP contribution in [-0.2, 0) is 4.79 Å². The van der Waals surface area contributed by atoms with E-state index in [0.29, 0.717) is 28.9 Å². The number of hydrogen-bond acceptors (Lipinski definition) is 5. The Morgan fingerprint density at radius 2 is 1.17 bits per heavy atom. The largest absolute Gasteiger partial charge is 0.497 e. The maximum atomic E-state index is 13.3. The number of benzene rings is 2. The molecule has 0 atom stereocenters. The Hall–Kier alpha value is -3.21. The molecular formula is C25H28O5. The SMILES string of the molecule is COc1ccc(/C=C2\CC(C)C/C(=C\c3ccc(OC)cc3OC)C2=O)c(OC)c1. The van der Waals surface area contributed by atoms with E-state index in [4.69, 9.17) is 18.9 Å². The van der Waals surface area contributed by atoms with Crippen LogP contribution in [0.15, 0.2) is 47.5 Å². The monoisotopic (exact) mass is 408 g/mol. The van der Waals surface area contributed by atoms with E-state index in [2.05, 4.69) is 6.92 Å². The first kappa shape index (κ1) is 21.5. The van der Waals surface area contributed by atoms with Crippen molar-refractivity contribution >= 4 is 17.9 Å². The fourth-order valence-electron chi connectivity index (χ4n) is 3.71. The summed E-state index contributed by atoms with van der Waals surface area (Å²) in [6, 6.07) is 11.2. The van der Waals surface area contributed by atoms with Crippen molar-refractivity contribution in [2.24, 2.45) is 5.92 Å². The van der Waals surface area contributed by atoms with Gasteiger partial charge in [-0.1, -0.05) is 6.92 Å². The van der Waals surface area contributed by atoms with Gasteiger partial charge in [0.25, 0.3) is 0 Å². The molecule has 30 heavy (non-hydrogen) atoms. The van der Waals surface area contributed by atoms with Crippen LogP contribution in [0.3, 0.4) is 0 Å². The Morgan fingerprint density at radius 3 is 1.53 bits per heavy atom. The van der Waals surface area contributed by atoms with Gasteiger partial charge in [0.15, 0.2) is 5.78 Å². The van der Waals surface area contributed by atoms with E-state index in [0.717, 1.165) is 35.1 Å². The third-order valence-electron chi connectivity index (χ3n) is 5.26. The molecule has 0 N–H and O–H groups in total. The van der Waals surface area contributed by atoms with E-state index in [1.165, 1.54) is 0 Å². The Balaban J connectivity index is 1.98. The summed E-state index contributed by atoms with van der Waals surface area (Å²) in [5, 5.41) is 0. The van der Waals surface area contributed by atoms with Gasteiger partial charge < -0.3 is 18.9 Å². The molecule has 5 heteroatoms. The number of carbonyl (C=O) groups is 1. The average molecular weight is 408 g/mol. The van der Waals surface area contributed by atoms with E-state index in [-0.39, 0.29) is 5.78 Å². The van der Waals surface area contributed by atoms with Crippen molar-refractivity contribution < 1.29 is 23.7 Å². The second-order valence-corrected chi connectivity index (χ2v) is 7.40. The fraction of sp³-hybridized carbons (Fsp3) is 0.320. The summed E-state index contributed by atoms with van der Waals surface area (Å²) in [4.78, 5) is 13.3. The van der Waals surface area contributed by atoms with Gasteiger partial charge in [-0.2, -0.15) is 0 Å². The molecular weight excluding hydrogens is 380 g/mol. The maximum Gasteiger partial charge on any atom is 0.185 e. The van der Waals surface area contributed by atoms with E-state index >= 15 is 0 Å². The molecule has 3 rings (SSSR count). The van der Waals surface area contributed by atoms with Gasteiger partial charge in [-0.15, -0.1) is 0 Å². The Labute approximate surface area is 177 Å². The normalized spacial score (nSPS) is 19.1. The van der Waals surface area contributed by atoms with Crippen molar-refractivity contribution in [2.75, 3.05) is 28.4 Å². The van der Waals surface area contributed by atoms with Crippen molar-refractivity contribution in [3.8, 4) is 23.0 Å². The zero-order valence-electron chi connectivity index (χ0n) is 18.2. The Kier molecular flexibility index (Phi) is 6.83. The van der Waals surface area contributed by atoms with Crippen LogP contribution in [0.1, 0.15) is 30.9 Å². The predicted molar refractivity (Wildman–Crippen MR) is 118 cm³/mol. The lowest BCUT2D eigenvalue weighted by Crippen LogP contribution is -2.18. The molecule has 2 aromatic rings.